The number of benzene rings is 4. The fourth-order valence-corrected chi connectivity index (χ4v) is 5.62. The number of carbonyl (C=O) groups excluding carboxylic acids is 1. The molecule has 206 valence electrons. The number of nitrogens with two attached hydrogens (primary N) is 2. The van der Waals surface area contributed by atoms with Crippen molar-refractivity contribution < 1.29 is 13.2 Å². The summed E-state index contributed by atoms with van der Waals surface area (Å²) in [5.41, 5.74) is 10.3. The van der Waals surface area contributed by atoms with Crippen LogP contribution in [0.1, 0.15) is 41.5 Å². The molecule has 0 aromatic heterocycles. The van der Waals surface area contributed by atoms with Gasteiger partial charge in [-0.15, -0.1) is 0 Å². The highest BCUT2D eigenvalue weighted by atomic mass is 32.2. The zero-order valence-corrected chi connectivity index (χ0v) is 23.3. The van der Waals surface area contributed by atoms with Crippen molar-refractivity contribution in [3.05, 3.63) is 125 Å². The lowest BCUT2D eigenvalue weighted by molar-refractivity contribution is -0.133. The normalized spacial score (nSPS) is 12.1. The first-order valence-electron chi connectivity index (χ1n) is 13.2. The van der Waals surface area contributed by atoms with E-state index >= 15 is 0 Å². The minimum atomic E-state index is -3.90. The largest absolute Gasteiger partial charge is 0.384 e. The van der Waals surface area contributed by atoms with Gasteiger partial charge in [0.15, 0.2) is 0 Å². The van der Waals surface area contributed by atoms with Crippen molar-refractivity contribution in [3.8, 4) is 11.1 Å². The Kier molecular flexibility index (Phi) is 9.14. The average Bonchev–Trinajstić information content (AvgIpc) is 2.96. The van der Waals surface area contributed by atoms with Gasteiger partial charge in [-0.2, -0.15) is 0 Å². The predicted octanol–water partition coefficient (Wildman–Crippen LogP) is 5.05. The van der Waals surface area contributed by atoms with Gasteiger partial charge in [-0.3, -0.25) is 10.2 Å². The molecule has 0 aliphatic rings. The summed E-state index contributed by atoms with van der Waals surface area (Å²) in [7, 11) is -3.90. The minimum absolute atomic E-state index is 0.00313. The van der Waals surface area contributed by atoms with Gasteiger partial charge in [0.2, 0.25) is 15.9 Å². The molecule has 0 saturated heterocycles. The molecule has 0 spiro atoms. The maximum Gasteiger partial charge on any atom is 0.238 e. The molecule has 8 heteroatoms. The van der Waals surface area contributed by atoms with Gasteiger partial charge in [-0.25, -0.2) is 13.6 Å². The van der Waals surface area contributed by atoms with E-state index in [0.29, 0.717) is 36.2 Å². The van der Waals surface area contributed by atoms with Gasteiger partial charge in [0.25, 0.3) is 0 Å². The molecule has 5 N–H and O–H groups in total. The van der Waals surface area contributed by atoms with E-state index in [-0.39, 0.29) is 16.6 Å². The second kappa shape index (κ2) is 12.7. The Hall–Kier alpha value is -4.27. The Labute approximate surface area is 236 Å². The van der Waals surface area contributed by atoms with Crippen molar-refractivity contribution in [2.45, 2.75) is 37.1 Å². The Morgan fingerprint density at radius 2 is 1.52 bits per heavy atom. The van der Waals surface area contributed by atoms with Gasteiger partial charge >= 0.3 is 0 Å². The van der Waals surface area contributed by atoms with Gasteiger partial charge < -0.3 is 10.6 Å². The average molecular weight is 555 g/mol. The molecule has 4 aromatic carbocycles. The smallest absolute Gasteiger partial charge is 0.238 e. The highest BCUT2D eigenvalue weighted by Gasteiger charge is 2.27. The number of amides is 1. The summed E-state index contributed by atoms with van der Waals surface area (Å²) in [6, 6.07) is 31.4. The number of hydrogen-bond acceptors (Lipinski definition) is 4. The molecule has 0 fully saturated rings. The topological polar surface area (TPSA) is 130 Å². The summed E-state index contributed by atoms with van der Waals surface area (Å²) in [5, 5.41) is 13.2. The monoisotopic (exact) mass is 554 g/mol. The molecular formula is C32H34N4O3S. The zero-order chi connectivity index (χ0) is 28.7. The molecular weight excluding hydrogens is 520 g/mol. The molecule has 0 aliphatic heterocycles. The predicted molar refractivity (Wildman–Crippen MR) is 159 cm³/mol. The quantitative estimate of drug-likeness (QED) is 0.177. The van der Waals surface area contributed by atoms with Crippen molar-refractivity contribution in [2.24, 2.45) is 10.9 Å². The number of nitrogen functional groups attached to an aromatic ring is 1. The summed E-state index contributed by atoms with van der Waals surface area (Å²) in [6.07, 6.45) is 1.31. The number of amidine groups is 1. The molecule has 0 radical (unpaired) electrons. The molecule has 1 atom stereocenters. The van der Waals surface area contributed by atoms with Crippen LogP contribution in [0, 0.1) is 5.41 Å². The fraction of sp³-hybridized carbons (Fsp3) is 0.188. The molecule has 1 amide bonds. The molecule has 4 aromatic rings. The van der Waals surface area contributed by atoms with Gasteiger partial charge in [0.05, 0.1) is 10.8 Å². The van der Waals surface area contributed by atoms with Crippen LogP contribution in [-0.4, -0.2) is 31.6 Å². The van der Waals surface area contributed by atoms with Crippen molar-refractivity contribution in [1.29, 1.82) is 5.41 Å². The van der Waals surface area contributed by atoms with E-state index in [4.69, 9.17) is 16.3 Å². The number of sulfonamides is 1. The third kappa shape index (κ3) is 7.02. The van der Waals surface area contributed by atoms with Crippen LogP contribution in [0.15, 0.2) is 108 Å². The number of carbonyl (C=O) groups is 1. The summed E-state index contributed by atoms with van der Waals surface area (Å²) in [5.74, 6) is -0.467. The molecule has 0 aliphatic carbocycles. The Bertz CT molecular complexity index is 1590. The van der Waals surface area contributed by atoms with E-state index < -0.39 is 15.9 Å². The van der Waals surface area contributed by atoms with Gasteiger partial charge in [-0.05, 0) is 47.2 Å². The maximum atomic E-state index is 14.2. The number of rotatable bonds is 11. The second-order valence-corrected chi connectivity index (χ2v) is 11.3. The van der Waals surface area contributed by atoms with Crippen molar-refractivity contribution in [2.75, 3.05) is 6.54 Å². The van der Waals surface area contributed by atoms with E-state index in [1.54, 1.807) is 24.3 Å². The summed E-state index contributed by atoms with van der Waals surface area (Å²) < 4.78 is 24.3. The molecule has 7 nitrogen and oxygen atoms in total. The number of hydrogen-bond donors (Lipinski definition) is 3. The third-order valence-electron chi connectivity index (χ3n) is 6.82. The maximum absolute atomic E-state index is 14.2. The van der Waals surface area contributed by atoms with Crippen molar-refractivity contribution in [1.82, 2.24) is 4.90 Å². The molecule has 0 heterocycles. The van der Waals surface area contributed by atoms with Crippen LogP contribution in [0.4, 0.5) is 0 Å². The minimum Gasteiger partial charge on any atom is -0.384 e. The SMILES string of the molecule is CCCN(Cc1cccc(C(=N)N)c1)C(=O)C(Cc1ccccc1)c1ccc(-c2ccccc2S(N)(=O)=O)cc1. The highest BCUT2D eigenvalue weighted by molar-refractivity contribution is 7.89. The molecule has 4 rings (SSSR count). The Morgan fingerprint density at radius 1 is 0.875 bits per heavy atom. The van der Waals surface area contributed by atoms with Crippen LogP contribution in [0.3, 0.4) is 0 Å². The van der Waals surface area contributed by atoms with E-state index in [9.17, 15) is 13.2 Å². The lowest BCUT2D eigenvalue weighted by Gasteiger charge is -2.28. The summed E-state index contributed by atoms with van der Waals surface area (Å²) >= 11 is 0. The molecule has 1 unspecified atom stereocenters. The van der Waals surface area contributed by atoms with Gasteiger partial charge in [0, 0.05) is 24.2 Å². The van der Waals surface area contributed by atoms with Crippen LogP contribution in [-0.2, 0) is 27.8 Å². The van der Waals surface area contributed by atoms with Crippen LogP contribution in [0.5, 0.6) is 0 Å². The molecule has 40 heavy (non-hydrogen) atoms. The van der Waals surface area contributed by atoms with Crippen LogP contribution in [0.25, 0.3) is 11.1 Å². The summed E-state index contributed by atoms with van der Waals surface area (Å²) in [6.45, 7) is 3.02. The second-order valence-electron chi connectivity index (χ2n) is 9.78. The highest BCUT2D eigenvalue weighted by Crippen LogP contribution is 2.30. The standard InChI is InChI=1S/C32H34N4O3S/c1-2-19-36(22-24-11-8-12-27(20-24)31(33)34)32(37)29(21-23-9-4-3-5-10-23)26-17-15-25(16-18-26)28-13-6-7-14-30(28)40(35,38)39/h3-18,20,29H,2,19,21-22H2,1H3,(H3,33,34)(H2,35,38,39). The third-order valence-corrected chi connectivity index (χ3v) is 7.78. The molecule has 0 saturated carbocycles. The lowest BCUT2D eigenvalue weighted by atomic mass is 9.89. The first-order chi connectivity index (χ1) is 19.2. The first-order valence-corrected chi connectivity index (χ1v) is 14.7. The zero-order valence-electron chi connectivity index (χ0n) is 22.5. The Balaban J connectivity index is 1.69. The van der Waals surface area contributed by atoms with E-state index in [1.807, 2.05) is 84.6 Å². The first kappa shape index (κ1) is 28.7. The van der Waals surface area contributed by atoms with E-state index in [2.05, 4.69) is 0 Å². The molecule has 0 bridgehead atoms. The number of nitrogens with one attached hydrogen (secondary N) is 1. The van der Waals surface area contributed by atoms with Gasteiger partial charge in [0.1, 0.15) is 5.84 Å². The number of primary sulfonamides is 1. The van der Waals surface area contributed by atoms with Crippen molar-refractivity contribution >= 4 is 21.8 Å². The fourth-order valence-electron chi connectivity index (χ4n) is 4.86. The van der Waals surface area contributed by atoms with Crippen LogP contribution >= 0.6 is 0 Å². The lowest BCUT2D eigenvalue weighted by Crippen LogP contribution is -2.36. The summed E-state index contributed by atoms with van der Waals surface area (Å²) in [4.78, 5) is 16.1. The van der Waals surface area contributed by atoms with Crippen LogP contribution in [0.2, 0.25) is 0 Å². The Morgan fingerprint density at radius 3 is 2.17 bits per heavy atom. The van der Waals surface area contributed by atoms with Crippen LogP contribution < -0.4 is 10.9 Å². The van der Waals surface area contributed by atoms with Gasteiger partial charge in [-0.1, -0.05) is 97.9 Å². The van der Waals surface area contributed by atoms with E-state index in [1.165, 1.54) is 6.07 Å². The number of nitrogens with zero attached hydrogens (tertiary/aromatic N) is 1. The van der Waals surface area contributed by atoms with E-state index in [0.717, 1.165) is 23.1 Å². The van der Waals surface area contributed by atoms with Crippen molar-refractivity contribution in [3.63, 3.8) is 0 Å².